The maximum atomic E-state index is 12.7. The SMILES string of the molecule is COc1ccc(CCNC2CCN(c3ccc(C(=O)N4CCCC(O)C4)cc3)CC2)cc1OC. The standard InChI is InChI=1S/C27H37N3O4/c1-33-25-10-5-20(18-26(25)34-2)11-14-28-22-12-16-29(17-13-22)23-8-6-21(7-9-23)27(32)30-15-3-4-24(31)19-30/h5-10,18,22,24,28,31H,3-4,11-17,19H2,1-2H3. The monoisotopic (exact) mass is 467 g/mol. The summed E-state index contributed by atoms with van der Waals surface area (Å²) in [6, 6.07) is 14.6. The molecule has 0 bridgehead atoms. The van der Waals surface area contributed by atoms with Gasteiger partial charge in [-0.1, -0.05) is 6.07 Å². The molecule has 2 fully saturated rings. The van der Waals surface area contributed by atoms with Crippen LogP contribution < -0.4 is 19.7 Å². The Labute approximate surface area is 202 Å². The Hall–Kier alpha value is -2.77. The van der Waals surface area contributed by atoms with Gasteiger partial charge in [-0.2, -0.15) is 0 Å². The second kappa shape index (κ2) is 11.6. The van der Waals surface area contributed by atoms with E-state index in [1.165, 1.54) is 11.3 Å². The number of β-amino-alcohol motifs (C(OH)–C–C–N with tert-alkyl or cyclic N) is 1. The lowest BCUT2D eigenvalue weighted by Crippen LogP contribution is -2.43. The summed E-state index contributed by atoms with van der Waals surface area (Å²) in [5.41, 5.74) is 3.10. The first kappa shape index (κ1) is 24.4. The van der Waals surface area contributed by atoms with Gasteiger partial charge in [0.25, 0.3) is 5.91 Å². The first-order chi connectivity index (χ1) is 16.6. The molecule has 2 saturated heterocycles. The quantitative estimate of drug-likeness (QED) is 0.622. The minimum Gasteiger partial charge on any atom is -0.493 e. The van der Waals surface area contributed by atoms with Gasteiger partial charge in [-0.15, -0.1) is 0 Å². The Morgan fingerprint density at radius 1 is 1.00 bits per heavy atom. The lowest BCUT2D eigenvalue weighted by atomic mass is 10.0. The zero-order valence-electron chi connectivity index (χ0n) is 20.3. The third-order valence-corrected chi connectivity index (χ3v) is 6.95. The third-order valence-electron chi connectivity index (χ3n) is 6.95. The van der Waals surface area contributed by atoms with Crippen LogP contribution in [0.15, 0.2) is 42.5 Å². The Bertz CT molecular complexity index is 941. The van der Waals surface area contributed by atoms with Crippen LogP contribution in [0.3, 0.4) is 0 Å². The predicted octanol–water partition coefficient (Wildman–Crippen LogP) is 3.10. The zero-order chi connectivity index (χ0) is 23.9. The van der Waals surface area contributed by atoms with Crippen molar-refractivity contribution in [3.05, 3.63) is 53.6 Å². The van der Waals surface area contributed by atoms with Gasteiger partial charge in [0.05, 0.1) is 20.3 Å². The van der Waals surface area contributed by atoms with E-state index in [-0.39, 0.29) is 5.91 Å². The number of rotatable bonds is 8. The van der Waals surface area contributed by atoms with Crippen LogP contribution in [0.5, 0.6) is 11.5 Å². The highest BCUT2D eigenvalue weighted by Gasteiger charge is 2.24. The summed E-state index contributed by atoms with van der Waals surface area (Å²) in [7, 11) is 3.32. The van der Waals surface area contributed by atoms with Crippen LogP contribution in [0.1, 0.15) is 41.6 Å². The lowest BCUT2D eigenvalue weighted by Gasteiger charge is -2.34. The number of nitrogens with zero attached hydrogens (tertiary/aromatic N) is 2. The van der Waals surface area contributed by atoms with Gasteiger partial charge >= 0.3 is 0 Å². The van der Waals surface area contributed by atoms with E-state index in [9.17, 15) is 9.90 Å². The third kappa shape index (κ3) is 6.02. The molecule has 0 spiro atoms. The van der Waals surface area contributed by atoms with Gasteiger partial charge in [-0.05, 0) is 80.6 Å². The molecule has 1 atom stereocenters. The minimum absolute atomic E-state index is 0.0164. The Morgan fingerprint density at radius 2 is 1.74 bits per heavy atom. The number of aliphatic hydroxyl groups excluding tert-OH is 1. The van der Waals surface area contributed by atoms with Crippen LogP contribution in [-0.2, 0) is 6.42 Å². The van der Waals surface area contributed by atoms with E-state index in [1.54, 1.807) is 19.1 Å². The van der Waals surface area contributed by atoms with E-state index in [1.807, 2.05) is 24.3 Å². The molecule has 7 nitrogen and oxygen atoms in total. The van der Waals surface area contributed by atoms with Crippen LogP contribution in [0, 0.1) is 0 Å². The van der Waals surface area contributed by atoms with Gasteiger partial charge in [0.2, 0.25) is 0 Å². The summed E-state index contributed by atoms with van der Waals surface area (Å²) < 4.78 is 10.7. The number of hydrogen-bond donors (Lipinski definition) is 2. The summed E-state index contributed by atoms with van der Waals surface area (Å²) in [6.07, 6.45) is 4.39. The molecule has 2 aliphatic rings. The second-order valence-corrected chi connectivity index (χ2v) is 9.25. The van der Waals surface area contributed by atoms with E-state index in [2.05, 4.69) is 28.4 Å². The molecule has 1 unspecified atom stereocenters. The van der Waals surface area contributed by atoms with Crippen molar-refractivity contribution in [3.8, 4) is 11.5 Å². The van der Waals surface area contributed by atoms with E-state index >= 15 is 0 Å². The topological polar surface area (TPSA) is 74.3 Å². The Kier molecular flexibility index (Phi) is 8.29. The van der Waals surface area contributed by atoms with Crippen LogP contribution >= 0.6 is 0 Å². The van der Waals surface area contributed by atoms with E-state index in [0.717, 1.165) is 69.8 Å². The summed E-state index contributed by atoms with van der Waals surface area (Å²) in [5, 5.41) is 13.6. The van der Waals surface area contributed by atoms with Gasteiger partial charge in [-0.3, -0.25) is 4.79 Å². The molecule has 4 rings (SSSR count). The molecule has 2 N–H and O–H groups in total. The Balaban J connectivity index is 1.22. The highest BCUT2D eigenvalue weighted by molar-refractivity contribution is 5.94. The van der Waals surface area contributed by atoms with Crippen LogP contribution in [-0.4, -0.2) is 75.0 Å². The molecule has 0 aliphatic carbocycles. The molecule has 184 valence electrons. The average molecular weight is 468 g/mol. The van der Waals surface area contributed by atoms with Gasteiger partial charge in [0.15, 0.2) is 11.5 Å². The summed E-state index contributed by atoms with van der Waals surface area (Å²) >= 11 is 0. The number of carbonyl (C=O) groups excluding carboxylic acids is 1. The van der Waals surface area contributed by atoms with Gasteiger partial charge in [-0.25, -0.2) is 0 Å². The maximum Gasteiger partial charge on any atom is 0.253 e. The summed E-state index contributed by atoms with van der Waals surface area (Å²) in [6.45, 7) is 4.10. The molecule has 0 saturated carbocycles. The number of likely N-dealkylation sites (tertiary alicyclic amines) is 1. The van der Waals surface area contributed by atoms with E-state index in [0.29, 0.717) is 18.2 Å². The fourth-order valence-corrected chi connectivity index (χ4v) is 4.94. The van der Waals surface area contributed by atoms with Gasteiger partial charge in [0.1, 0.15) is 0 Å². The highest BCUT2D eigenvalue weighted by atomic mass is 16.5. The second-order valence-electron chi connectivity index (χ2n) is 9.25. The van der Waals surface area contributed by atoms with Crippen molar-refractivity contribution in [3.63, 3.8) is 0 Å². The number of carbonyl (C=O) groups is 1. The van der Waals surface area contributed by atoms with Crippen molar-refractivity contribution in [1.29, 1.82) is 0 Å². The molecule has 34 heavy (non-hydrogen) atoms. The van der Waals surface area contributed by atoms with E-state index < -0.39 is 6.10 Å². The molecule has 1 amide bonds. The molecule has 2 aromatic carbocycles. The molecule has 0 aromatic heterocycles. The van der Waals surface area contributed by atoms with Crippen molar-refractivity contribution < 1.29 is 19.4 Å². The number of nitrogens with one attached hydrogen (secondary N) is 1. The van der Waals surface area contributed by atoms with Crippen LogP contribution in [0.25, 0.3) is 0 Å². The molecule has 2 aromatic rings. The zero-order valence-corrected chi connectivity index (χ0v) is 20.3. The predicted molar refractivity (Wildman–Crippen MR) is 134 cm³/mol. The summed E-state index contributed by atoms with van der Waals surface area (Å²) in [4.78, 5) is 16.9. The number of methoxy groups -OCH3 is 2. The van der Waals surface area contributed by atoms with Crippen LogP contribution in [0.4, 0.5) is 5.69 Å². The Morgan fingerprint density at radius 3 is 2.41 bits per heavy atom. The smallest absolute Gasteiger partial charge is 0.253 e. The fourth-order valence-electron chi connectivity index (χ4n) is 4.94. The molecular weight excluding hydrogens is 430 g/mol. The molecule has 0 radical (unpaired) electrons. The van der Waals surface area contributed by atoms with Crippen molar-refractivity contribution in [2.75, 3.05) is 51.8 Å². The maximum absolute atomic E-state index is 12.7. The molecule has 2 heterocycles. The van der Waals surface area contributed by atoms with Crippen molar-refractivity contribution in [2.45, 2.75) is 44.2 Å². The number of hydrogen-bond acceptors (Lipinski definition) is 6. The first-order valence-electron chi connectivity index (χ1n) is 12.3. The number of anilines is 1. The first-order valence-corrected chi connectivity index (χ1v) is 12.3. The van der Waals surface area contributed by atoms with Crippen molar-refractivity contribution in [2.24, 2.45) is 0 Å². The number of benzene rings is 2. The van der Waals surface area contributed by atoms with E-state index in [4.69, 9.17) is 9.47 Å². The molecule has 2 aliphatic heterocycles. The average Bonchev–Trinajstić information content (AvgIpc) is 2.88. The largest absolute Gasteiger partial charge is 0.493 e. The van der Waals surface area contributed by atoms with Crippen molar-refractivity contribution >= 4 is 11.6 Å². The van der Waals surface area contributed by atoms with Crippen molar-refractivity contribution in [1.82, 2.24) is 10.2 Å². The fraction of sp³-hybridized carbons (Fsp3) is 0.519. The van der Waals surface area contributed by atoms with Crippen LogP contribution in [0.2, 0.25) is 0 Å². The minimum atomic E-state index is -0.397. The number of piperidine rings is 2. The molecule has 7 heteroatoms. The summed E-state index contributed by atoms with van der Waals surface area (Å²) in [5.74, 6) is 1.55. The normalized spacial score (nSPS) is 19.2. The number of ether oxygens (including phenoxy) is 2. The number of amides is 1. The number of aliphatic hydroxyl groups is 1. The van der Waals surface area contributed by atoms with Gasteiger partial charge < -0.3 is 29.7 Å². The van der Waals surface area contributed by atoms with Gasteiger partial charge in [0, 0.05) is 43.5 Å². The molecular formula is C27H37N3O4. The highest BCUT2D eigenvalue weighted by Crippen LogP contribution is 2.28. The lowest BCUT2D eigenvalue weighted by molar-refractivity contribution is 0.0474.